The third-order valence-electron chi connectivity index (χ3n) is 4.47. The van der Waals surface area contributed by atoms with Gasteiger partial charge in [-0.15, -0.1) is 0 Å². The Bertz CT molecular complexity index is 919. The van der Waals surface area contributed by atoms with Crippen LogP contribution in [0.15, 0.2) is 47.4 Å². The molecule has 0 aliphatic carbocycles. The Labute approximate surface area is 155 Å². The van der Waals surface area contributed by atoms with Crippen LogP contribution in [-0.2, 0) is 16.4 Å². The number of sulfonamides is 1. The molecule has 1 N–H and O–H groups in total. The summed E-state index contributed by atoms with van der Waals surface area (Å²) in [7, 11) is -3.56. The number of fused-ring (bicyclic) bond motifs is 1. The lowest BCUT2D eigenvalue weighted by molar-refractivity contribution is 0.0985. The highest BCUT2D eigenvalue weighted by molar-refractivity contribution is 7.89. The number of carbonyl (C=O) groups is 1. The predicted octanol–water partition coefficient (Wildman–Crippen LogP) is 3.27. The molecule has 0 unspecified atom stereocenters. The van der Waals surface area contributed by atoms with Crippen LogP contribution in [0.1, 0.15) is 41.8 Å². The number of hydrogen-bond acceptors (Lipinski definition) is 3. The first-order valence-electron chi connectivity index (χ1n) is 8.82. The Morgan fingerprint density at radius 3 is 2.46 bits per heavy atom. The molecule has 138 valence electrons. The molecule has 0 aromatic heterocycles. The first-order chi connectivity index (χ1) is 12.3. The Balaban J connectivity index is 1.89. The maximum atomic E-state index is 13.0. The highest BCUT2D eigenvalue weighted by Gasteiger charge is 2.25. The number of rotatable bonds is 4. The molecule has 1 aliphatic heterocycles. The van der Waals surface area contributed by atoms with Gasteiger partial charge in [0, 0.05) is 18.2 Å². The first kappa shape index (κ1) is 18.6. The number of nitrogens with one attached hydrogen (secondary N) is 1. The van der Waals surface area contributed by atoms with E-state index in [1.165, 1.54) is 17.7 Å². The minimum Gasteiger partial charge on any atom is -0.308 e. The fourth-order valence-electron chi connectivity index (χ4n) is 3.36. The zero-order chi connectivity index (χ0) is 18.9. The van der Waals surface area contributed by atoms with Crippen LogP contribution in [0.2, 0.25) is 0 Å². The third-order valence-corrected chi connectivity index (χ3v) is 6.14. The second-order valence-corrected chi connectivity index (χ2v) is 8.66. The van der Waals surface area contributed by atoms with Crippen LogP contribution >= 0.6 is 0 Å². The average Bonchev–Trinajstić information content (AvgIpc) is 2.60. The van der Waals surface area contributed by atoms with Crippen LogP contribution < -0.4 is 9.62 Å². The molecule has 0 saturated heterocycles. The van der Waals surface area contributed by atoms with Crippen LogP contribution in [0, 0.1) is 6.92 Å². The van der Waals surface area contributed by atoms with E-state index in [2.05, 4.69) is 10.8 Å². The number of nitrogens with zero attached hydrogens (tertiary/aromatic N) is 1. The van der Waals surface area contributed by atoms with E-state index < -0.39 is 10.0 Å². The number of aryl methyl sites for hydroxylation is 2. The van der Waals surface area contributed by atoms with E-state index in [1.54, 1.807) is 26.0 Å². The van der Waals surface area contributed by atoms with Crippen molar-refractivity contribution in [1.29, 1.82) is 0 Å². The van der Waals surface area contributed by atoms with Gasteiger partial charge in [0.05, 0.1) is 10.6 Å². The number of amides is 1. The minimum atomic E-state index is -3.56. The summed E-state index contributed by atoms with van der Waals surface area (Å²) in [6.07, 6.45) is 1.89. The Morgan fingerprint density at radius 2 is 1.81 bits per heavy atom. The molecular weight excluding hydrogens is 348 g/mol. The summed E-state index contributed by atoms with van der Waals surface area (Å²) < 4.78 is 27.0. The second kappa shape index (κ2) is 7.21. The van der Waals surface area contributed by atoms with Crippen molar-refractivity contribution in [2.24, 2.45) is 0 Å². The maximum Gasteiger partial charge on any atom is 0.258 e. The molecule has 2 aromatic carbocycles. The van der Waals surface area contributed by atoms with Crippen molar-refractivity contribution in [3.63, 3.8) is 0 Å². The number of anilines is 1. The topological polar surface area (TPSA) is 66.5 Å². The van der Waals surface area contributed by atoms with Crippen molar-refractivity contribution >= 4 is 21.6 Å². The van der Waals surface area contributed by atoms with Gasteiger partial charge in [0.25, 0.3) is 5.91 Å². The van der Waals surface area contributed by atoms with Gasteiger partial charge in [0.1, 0.15) is 0 Å². The molecule has 1 aliphatic rings. The number of carbonyl (C=O) groups excluding carboxylic acids is 1. The maximum absolute atomic E-state index is 13.0. The zero-order valence-electron chi connectivity index (χ0n) is 15.3. The van der Waals surface area contributed by atoms with Crippen molar-refractivity contribution in [1.82, 2.24) is 4.72 Å². The van der Waals surface area contributed by atoms with Gasteiger partial charge in [-0.25, -0.2) is 13.1 Å². The summed E-state index contributed by atoms with van der Waals surface area (Å²) >= 11 is 0. The molecule has 1 amide bonds. The SMILES string of the molecule is Cc1cccc2c1N(C(=O)c1ccc(S(=O)(=O)NC(C)C)cc1)CCC2. The number of para-hydroxylation sites is 1. The van der Waals surface area contributed by atoms with Crippen molar-refractivity contribution in [2.45, 2.75) is 44.6 Å². The molecule has 0 saturated carbocycles. The van der Waals surface area contributed by atoms with Crippen LogP contribution in [-0.4, -0.2) is 26.9 Å². The molecule has 5 nitrogen and oxygen atoms in total. The standard InChI is InChI=1S/C20H24N2O3S/c1-14(2)21-26(24,25)18-11-9-17(10-12-18)20(23)22-13-5-8-16-7-4-6-15(3)19(16)22/h4,6-7,9-12,14,21H,5,8,13H2,1-3H3. The molecule has 26 heavy (non-hydrogen) atoms. The van der Waals surface area contributed by atoms with Gasteiger partial charge >= 0.3 is 0 Å². The summed E-state index contributed by atoms with van der Waals surface area (Å²) in [4.78, 5) is 15.0. The summed E-state index contributed by atoms with van der Waals surface area (Å²) in [6.45, 7) is 6.22. The van der Waals surface area contributed by atoms with E-state index >= 15 is 0 Å². The molecule has 0 radical (unpaired) electrons. The van der Waals surface area contributed by atoms with Crippen molar-refractivity contribution in [2.75, 3.05) is 11.4 Å². The number of benzene rings is 2. The molecular formula is C20H24N2O3S. The fourth-order valence-corrected chi connectivity index (χ4v) is 4.61. The van der Waals surface area contributed by atoms with Crippen molar-refractivity contribution < 1.29 is 13.2 Å². The smallest absolute Gasteiger partial charge is 0.258 e. The summed E-state index contributed by atoms with van der Waals surface area (Å²) in [6, 6.07) is 12.1. The van der Waals surface area contributed by atoms with E-state index in [-0.39, 0.29) is 16.8 Å². The van der Waals surface area contributed by atoms with E-state index in [4.69, 9.17) is 0 Å². The molecule has 0 fully saturated rings. The quantitative estimate of drug-likeness (QED) is 0.896. The highest BCUT2D eigenvalue weighted by atomic mass is 32.2. The largest absolute Gasteiger partial charge is 0.308 e. The zero-order valence-corrected chi connectivity index (χ0v) is 16.1. The lowest BCUT2D eigenvalue weighted by Gasteiger charge is -2.31. The van der Waals surface area contributed by atoms with Gasteiger partial charge in [-0.1, -0.05) is 18.2 Å². The van der Waals surface area contributed by atoms with Gasteiger partial charge in [-0.3, -0.25) is 4.79 Å². The molecule has 0 atom stereocenters. The van der Waals surface area contributed by atoms with Gasteiger partial charge < -0.3 is 4.90 Å². The highest BCUT2D eigenvalue weighted by Crippen LogP contribution is 2.31. The lowest BCUT2D eigenvalue weighted by atomic mass is 9.97. The first-order valence-corrected chi connectivity index (χ1v) is 10.3. The van der Waals surface area contributed by atoms with E-state index in [0.717, 1.165) is 24.1 Å². The van der Waals surface area contributed by atoms with Crippen LogP contribution in [0.3, 0.4) is 0 Å². The monoisotopic (exact) mass is 372 g/mol. The summed E-state index contributed by atoms with van der Waals surface area (Å²) in [5, 5.41) is 0. The van der Waals surface area contributed by atoms with Gasteiger partial charge in [-0.05, 0) is 69.0 Å². The normalized spacial score (nSPS) is 14.4. The Morgan fingerprint density at radius 1 is 1.12 bits per heavy atom. The molecule has 6 heteroatoms. The Kier molecular flexibility index (Phi) is 5.16. The molecule has 3 rings (SSSR count). The fraction of sp³-hybridized carbons (Fsp3) is 0.350. The van der Waals surface area contributed by atoms with Gasteiger partial charge in [0.15, 0.2) is 0 Å². The van der Waals surface area contributed by atoms with Crippen LogP contribution in [0.4, 0.5) is 5.69 Å². The minimum absolute atomic E-state index is 0.0963. The van der Waals surface area contributed by atoms with Crippen LogP contribution in [0.25, 0.3) is 0 Å². The van der Waals surface area contributed by atoms with Crippen LogP contribution in [0.5, 0.6) is 0 Å². The van der Waals surface area contributed by atoms with E-state index in [1.807, 2.05) is 24.0 Å². The molecule has 0 bridgehead atoms. The third kappa shape index (κ3) is 3.66. The molecule has 2 aromatic rings. The second-order valence-electron chi connectivity index (χ2n) is 6.94. The average molecular weight is 372 g/mol. The summed E-state index contributed by atoms with van der Waals surface area (Å²) in [5.41, 5.74) is 3.74. The summed E-state index contributed by atoms with van der Waals surface area (Å²) in [5.74, 6) is -0.0963. The predicted molar refractivity (Wildman–Crippen MR) is 103 cm³/mol. The molecule has 1 heterocycles. The van der Waals surface area contributed by atoms with Gasteiger partial charge in [-0.2, -0.15) is 0 Å². The van der Waals surface area contributed by atoms with Gasteiger partial charge in [0.2, 0.25) is 10.0 Å². The lowest BCUT2D eigenvalue weighted by Crippen LogP contribution is -2.36. The van der Waals surface area contributed by atoms with Crippen molar-refractivity contribution in [3.8, 4) is 0 Å². The van der Waals surface area contributed by atoms with E-state index in [9.17, 15) is 13.2 Å². The number of hydrogen-bond donors (Lipinski definition) is 1. The molecule has 0 spiro atoms. The van der Waals surface area contributed by atoms with E-state index in [0.29, 0.717) is 12.1 Å². The Hall–Kier alpha value is -2.18. The van der Waals surface area contributed by atoms with Crippen molar-refractivity contribution in [3.05, 3.63) is 59.2 Å².